The molecule has 1 unspecified atom stereocenters. The SMILES string of the molecule is CSCC(NN)c1ccnn1-c1ccccc1. The molecule has 1 atom stereocenters. The molecule has 0 amide bonds. The monoisotopic (exact) mass is 248 g/mol. The summed E-state index contributed by atoms with van der Waals surface area (Å²) in [6.07, 6.45) is 3.86. The van der Waals surface area contributed by atoms with Gasteiger partial charge in [0.05, 0.1) is 17.4 Å². The predicted octanol–water partition coefficient (Wildman–Crippen LogP) is 1.74. The lowest BCUT2D eigenvalue weighted by molar-refractivity contribution is 0.574. The van der Waals surface area contributed by atoms with Crippen LogP contribution < -0.4 is 11.3 Å². The second-order valence-corrected chi connectivity index (χ2v) is 4.59. The second-order valence-electron chi connectivity index (χ2n) is 3.68. The molecular formula is C12H16N4S. The van der Waals surface area contributed by atoms with Gasteiger partial charge in [-0.25, -0.2) is 4.68 Å². The Morgan fingerprint density at radius 3 is 2.76 bits per heavy atom. The van der Waals surface area contributed by atoms with Gasteiger partial charge < -0.3 is 0 Å². The first-order valence-electron chi connectivity index (χ1n) is 5.41. The molecule has 0 aliphatic heterocycles. The third kappa shape index (κ3) is 2.69. The van der Waals surface area contributed by atoms with Crippen LogP contribution in [0.2, 0.25) is 0 Å². The van der Waals surface area contributed by atoms with Gasteiger partial charge in [-0.2, -0.15) is 16.9 Å². The molecule has 5 heteroatoms. The van der Waals surface area contributed by atoms with Gasteiger partial charge in [0.1, 0.15) is 0 Å². The summed E-state index contributed by atoms with van der Waals surface area (Å²) in [5.74, 6) is 6.50. The Balaban J connectivity index is 2.34. The molecule has 0 fully saturated rings. The quantitative estimate of drug-likeness (QED) is 0.625. The second kappa shape index (κ2) is 5.86. The number of para-hydroxylation sites is 1. The Morgan fingerprint density at radius 1 is 1.35 bits per heavy atom. The summed E-state index contributed by atoms with van der Waals surface area (Å²) in [7, 11) is 0. The number of hydrazine groups is 1. The van der Waals surface area contributed by atoms with Crippen LogP contribution in [-0.4, -0.2) is 21.8 Å². The molecule has 17 heavy (non-hydrogen) atoms. The molecule has 0 saturated carbocycles. The molecule has 2 rings (SSSR count). The molecule has 0 radical (unpaired) electrons. The zero-order valence-corrected chi connectivity index (χ0v) is 10.5. The van der Waals surface area contributed by atoms with Crippen molar-refractivity contribution in [2.45, 2.75) is 6.04 Å². The minimum absolute atomic E-state index is 0.104. The molecule has 0 aliphatic rings. The number of rotatable bonds is 5. The first-order valence-corrected chi connectivity index (χ1v) is 6.80. The van der Waals surface area contributed by atoms with E-state index in [2.05, 4.69) is 16.8 Å². The first kappa shape index (κ1) is 12.2. The summed E-state index contributed by atoms with van der Waals surface area (Å²) < 4.78 is 1.92. The summed E-state index contributed by atoms with van der Waals surface area (Å²) >= 11 is 1.75. The van der Waals surface area contributed by atoms with Crippen molar-refractivity contribution >= 4 is 11.8 Å². The van der Waals surface area contributed by atoms with E-state index in [-0.39, 0.29) is 6.04 Å². The van der Waals surface area contributed by atoms with Gasteiger partial charge in [0.25, 0.3) is 0 Å². The molecule has 3 N–H and O–H groups in total. The number of hydrogen-bond donors (Lipinski definition) is 2. The molecule has 0 bridgehead atoms. The largest absolute Gasteiger partial charge is 0.271 e. The third-order valence-electron chi connectivity index (χ3n) is 2.56. The molecule has 0 aliphatic carbocycles. The summed E-state index contributed by atoms with van der Waals surface area (Å²) in [5.41, 5.74) is 4.96. The van der Waals surface area contributed by atoms with Crippen LogP contribution in [-0.2, 0) is 0 Å². The highest BCUT2D eigenvalue weighted by atomic mass is 32.2. The molecule has 1 heterocycles. The van der Waals surface area contributed by atoms with Crippen LogP contribution in [0.25, 0.3) is 5.69 Å². The topological polar surface area (TPSA) is 55.9 Å². The summed E-state index contributed by atoms with van der Waals surface area (Å²) in [4.78, 5) is 0. The van der Waals surface area contributed by atoms with Gasteiger partial charge in [-0.3, -0.25) is 11.3 Å². The number of hydrogen-bond acceptors (Lipinski definition) is 4. The van der Waals surface area contributed by atoms with Crippen LogP contribution in [0.5, 0.6) is 0 Å². The Morgan fingerprint density at radius 2 is 2.12 bits per heavy atom. The maximum Gasteiger partial charge on any atom is 0.0723 e. The standard InChI is InChI=1S/C12H16N4S/c1-17-9-11(15-13)12-7-8-14-16(12)10-5-3-2-4-6-10/h2-8,11,15H,9,13H2,1H3. The zero-order chi connectivity index (χ0) is 12.1. The number of benzene rings is 1. The van der Waals surface area contributed by atoms with Crippen LogP contribution in [0.1, 0.15) is 11.7 Å². The molecule has 0 spiro atoms. The van der Waals surface area contributed by atoms with Crippen molar-refractivity contribution in [3.63, 3.8) is 0 Å². The van der Waals surface area contributed by atoms with E-state index >= 15 is 0 Å². The van der Waals surface area contributed by atoms with Crippen molar-refractivity contribution in [1.29, 1.82) is 0 Å². The van der Waals surface area contributed by atoms with E-state index in [1.165, 1.54) is 0 Å². The minimum Gasteiger partial charge on any atom is -0.271 e. The zero-order valence-electron chi connectivity index (χ0n) is 9.71. The van der Waals surface area contributed by atoms with Gasteiger partial charge in [-0.15, -0.1) is 0 Å². The third-order valence-corrected chi connectivity index (χ3v) is 3.23. The van der Waals surface area contributed by atoms with Crippen LogP contribution in [0.3, 0.4) is 0 Å². The number of thioether (sulfide) groups is 1. The molecular weight excluding hydrogens is 232 g/mol. The smallest absolute Gasteiger partial charge is 0.0723 e. The number of aromatic nitrogens is 2. The van der Waals surface area contributed by atoms with Crippen molar-refractivity contribution in [2.24, 2.45) is 5.84 Å². The van der Waals surface area contributed by atoms with Crippen molar-refractivity contribution < 1.29 is 0 Å². The summed E-state index contributed by atoms with van der Waals surface area (Å²) in [5, 5.41) is 4.35. The lowest BCUT2D eigenvalue weighted by atomic mass is 10.2. The number of nitrogens with two attached hydrogens (primary N) is 1. The highest BCUT2D eigenvalue weighted by Gasteiger charge is 2.14. The molecule has 1 aromatic carbocycles. The molecule has 1 aromatic heterocycles. The summed E-state index contributed by atoms with van der Waals surface area (Å²) in [6, 6.07) is 12.2. The fourth-order valence-electron chi connectivity index (χ4n) is 1.75. The van der Waals surface area contributed by atoms with E-state index in [0.29, 0.717) is 0 Å². The highest BCUT2D eigenvalue weighted by molar-refractivity contribution is 7.98. The Kier molecular flexibility index (Phi) is 4.19. The van der Waals surface area contributed by atoms with Gasteiger partial charge in [0.15, 0.2) is 0 Å². The maximum absolute atomic E-state index is 5.59. The average Bonchev–Trinajstić information content (AvgIpc) is 2.86. The van der Waals surface area contributed by atoms with Crippen LogP contribution >= 0.6 is 11.8 Å². The van der Waals surface area contributed by atoms with Crippen molar-refractivity contribution in [3.8, 4) is 5.69 Å². The van der Waals surface area contributed by atoms with Crippen molar-refractivity contribution in [3.05, 3.63) is 48.3 Å². The van der Waals surface area contributed by atoms with E-state index in [1.54, 1.807) is 18.0 Å². The van der Waals surface area contributed by atoms with Crippen molar-refractivity contribution in [2.75, 3.05) is 12.0 Å². The summed E-state index contributed by atoms with van der Waals surface area (Å²) in [6.45, 7) is 0. The average molecular weight is 248 g/mol. The lowest BCUT2D eigenvalue weighted by Gasteiger charge is -2.16. The van der Waals surface area contributed by atoms with Crippen LogP contribution in [0.4, 0.5) is 0 Å². The lowest BCUT2D eigenvalue weighted by Crippen LogP contribution is -2.31. The van der Waals surface area contributed by atoms with Crippen LogP contribution in [0, 0.1) is 0 Å². The van der Waals surface area contributed by atoms with E-state index in [4.69, 9.17) is 5.84 Å². The van der Waals surface area contributed by atoms with E-state index in [1.807, 2.05) is 41.1 Å². The van der Waals surface area contributed by atoms with Crippen LogP contribution in [0.15, 0.2) is 42.6 Å². The highest BCUT2D eigenvalue weighted by Crippen LogP contribution is 2.19. The van der Waals surface area contributed by atoms with Gasteiger partial charge in [0.2, 0.25) is 0 Å². The Labute approximate surface area is 105 Å². The van der Waals surface area contributed by atoms with Gasteiger partial charge in [0, 0.05) is 11.9 Å². The van der Waals surface area contributed by atoms with Gasteiger partial charge >= 0.3 is 0 Å². The molecule has 90 valence electrons. The van der Waals surface area contributed by atoms with Crippen molar-refractivity contribution in [1.82, 2.24) is 15.2 Å². The fraction of sp³-hybridized carbons (Fsp3) is 0.250. The maximum atomic E-state index is 5.59. The van der Waals surface area contributed by atoms with E-state index in [0.717, 1.165) is 17.1 Å². The number of nitrogens with zero attached hydrogens (tertiary/aromatic N) is 2. The Bertz CT molecular complexity index is 455. The predicted molar refractivity (Wildman–Crippen MR) is 72.0 cm³/mol. The minimum atomic E-state index is 0.104. The van der Waals surface area contributed by atoms with E-state index < -0.39 is 0 Å². The fourth-order valence-corrected chi connectivity index (χ4v) is 2.35. The first-order chi connectivity index (χ1) is 8.36. The molecule has 0 saturated heterocycles. The Hall–Kier alpha value is -1.30. The normalized spacial score (nSPS) is 12.6. The van der Waals surface area contributed by atoms with E-state index in [9.17, 15) is 0 Å². The molecule has 4 nitrogen and oxygen atoms in total. The van der Waals surface area contributed by atoms with Gasteiger partial charge in [-0.05, 0) is 24.5 Å². The molecule has 2 aromatic rings. The number of nitrogens with one attached hydrogen (secondary N) is 1. The van der Waals surface area contributed by atoms with Gasteiger partial charge in [-0.1, -0.05) is 18.2 Å².